The lowest BCUT2D eigenvalue weighted by atomic mass is 10.3. The van der Waals surface area contributed by atoms with Crippen LogP contribution in [0.4, 0.5) is 0 Å². The second kappa shape index (κ2) is 3.98. The molecule has 61 valence electrons. The van der Waals surface area contributed by atoms with Gasteiger partial charge in [-0.05, 0) is 17.7 Å². The van der Waals surface area contributed by atoms with E-state index in [1.165, 1.54) is 0 Å². The van der Waals surface area contributed by atoms with Crippen molar-refractivity contribution < 1.29 is 4.79 Å². The van der Waals surface area contributed by atoms with E-state index in [9.17, 15) is 4.79 Å². The van der Waals surface area contributed by atoms with E-state index in [1.54, 1.807) is 12.7 Å². The van der Waals surface area contributed by atoms with Gasteiger partial charge in [0.05, 0.1) is 11.1 Å². The van der Waals surface area contributed by atoms with Crippen molar-refractivity contribution in [3.8, 4) is 0 Å². The van der Waals surface area contributed by atoms with Crippen molar-refractivity contribution in [3.63, 3.8) is 0 Å². The first-order chi connectivity index (χ1) is 5.20. The fourth-order valence-electron chi connectivity index (χ4n) is 0.684. The van der Waals surface area contributed by atoms with Gasteiger partial charge in [-0.25, -0.2) is 10.9 Å². The lowest BCUT2D eigenvalue weighted by molar-refractivity contribution is -0.114. The van der Waals surface area contributed by atoms with Gasteiger partial charge in [0, 0.05) is 0 Å². The number of carbonyl (C=O) groups excluding carboxylic acids is 1. The van der Waals surface area contributed by atoms with E-state index in [2.05, 4.69) is 0 Å². The van der Waals surface area contributed by atoms with E-state index in [0.29, 0.717) is 0 Å². The van der Waals surface area contributed by atoms with Crippen molar-refractivity contribution in [3.05, 3.63) is 28.7 Å². The molecule has 1 nitrogen and oxygen atoms in total. The smallest absolute Gasteiger partial charge is 0.163 e. The summed E-state index contributed by atoms with van der Waals surface area (Å²) in [5.41, 5.74) is 0. The molecule has 0 aliphatic carbocycles. The summed E-state index contributed by atoms with van der Waals surface area (Å²) < 4.78 is 0. The molecule has 0 N–H and O–H groups in total. The molecule has 11 heavy (non-hydrogen) atoms. The summed E-state index contributed by atoms with van der Waals surface area (Å²) in [7, 11) is -0.437. The Labute approximate surface area is 74.5 Å². The normalized spacial score (nSPS) is 20.7. The number of allylic oxidation sites excluding steroid dienone is 2. The van der Waals surface area contributed by atoms with Gasteiger partial charge < -0.3 is 0 Å². The van der Waals surface area contributed by atoms with Crippen LogP contribution < -0.4 is 0 Å². The fourth-order valence-corrected chi connectivity index (χ4v) is 2.22. The van der Waals surface area contributed by atoms with Crippen molar-refractivity contribution in [2.24, 2.45) is 0 Å². The summed E-state index contributed by atoms with van der Waals surface area (Å²) in [4.78, 5) is 11.1. The number of ketones is 1. The van der Waals surface area contributed by atoms with E-state index in [4.69, 9.17) is 11.6 Å². The van der Waals surface area contributed by atoms with Crippen molar-refractivity contribution in [2.45, 2.75) is 12.3 Å². The van der Waals surface area contributed by atoms with Crippen LogP contribution in [-0.2, 0) is 4.79 Å². The highest BCUT2D eigenvalue weighted by Gasteiger charge is 2.12. The second-order valence-electron chi connectivity index (χ2n) is 2.28. The van der Waals surface area contributed by atoms with Crippen molar-refractivity contribution in [2.75, 3.05) is 0 Å². The van der Waals surface area contributed by atoms with Gasteiger partial charge in [-0.2, -0.15) is 0 Å². The Kier molecular flexibility index (Phi) is 3.21. The van der Waals surface area contributed by atoms with Crippen LogP contribution >= 0.6 is 22.5 Å². The molecule has 3 heteroatoms. The average Bonchev–Trinajstić information content (AvgIpc) is 2.39. The third-order valence-electron chi connectivity index (χ3n) is 1.30. The van der Waals surface area contributed by atoms with Crippen LogP contribution in [-0.4, -0.2) is 11.2 Å². The topological polar surface area (TPSA) is 17.1 Å². The zero-order valence-electron chi connectivity index (χ0n) is 6.20. The number of Topliss-reactive ketones (excluding diaryl/α,β-unsaturated/α-hetero) is 1. The third kappa shape index (κ3) is 2.72. The molecule has 0 saturated carbocycles. The minimum atomic E-state index is -0.437. The minimum Gasteiger partial charge on any atom is -0.297 e. The molecule has 1 radical (unpaired) electrons. The lowest BCUT2D eigenvalue weighted by Gasteiger charge is -2.08. The van der Waals surface area contributed by atoms with E-state index in [0.717, 1.165) is 0 Å². The highest BCUT2D eigenvalue weighted by Crippen LogP contribution is 2.36. The first-order valence-electron chi connectivity index (χ1n) is 3.35. The summed E-state index contributed by atoms with van der Waals surface area (Å²) in [5, 5.41) is 3.65. The number of hydrogen-bond donors (Lipinski definition) is 1. The Morgan fingerprint density at radius 1 is 1.55 bits per heavy atom. The molecule has 1 aliphatic heterocycles. The van der Waals surface area contributed by atoms with Crippen LogP contribution in [0.1, 0.15) is 6.92 Å². The highest BCUT2D eigenvalue weighted by molar-refractivity contribution is 8.24. The van der Waals surface area contributed by atoms with Crippen LogP contribution in [0.25, 0.3) is 0 Å². The second-order valence-corrected chi connectivity index (χ2v) is 4.68. The van der Waals surface area contributed by atoms with Gasteiger partial charge in [0.15, 0.2) is 5.78 Å². The number of thiol groups is 1. The van der Waals surface area contributed by atoms with Crippen LogP contribution in [0.2, 0.25) is 0 Å². The predicted octanol–water partition coefficient (Wildman–Crippen LogP) is 2.39. The summed E-state index contributed by atoms with van der Waals surface area (Å²) >= 11 is 5.59. The van der Waals surface area contributed by atoms with E-state index >= 15 is 0 Å². The van der Waals surface area contributed by atoms with Crippen molar-refractivity contribution >= 4 is 28.3 Å². The van der Waals surface area contributed by atoms with Gasteiger partial charge in [0.2, 0.25) is 0 Å². The SMILES string of the molecule is C[C@H](Cl)C(=O)[CH][SH]1C=CC=C1. The maximum absolute atomic E-state index is 11.1. The number of halogens is 1. The molecule has 0 unspecified atom stereocenters. The van der Waals surface area contributed by atoms with Gasteiger partial charge in [-0.15, -0.1) is 11.6 Å². The molecular weight excluding hydrogens is 180 g/mol. The standard InChI is InChI=1S/C8H10ClOS/c1-7(9)8(10)6-11-4-2-3-5-11/h2-7,11H,1H3/t7-/m0/s1. The largest absolute Gasteiger partial charge is 0.297 e. The Balaban J connectivity index is 2.36. The summed E-state index contributed by atoms with van der Waals surface area (Å²) in [5.74, 6) is 1.72. The number of carbonyl (C=O) groups is 1. The average molecular weight is 190 g/mol. The summed E-state index contributed by atoms with van der Waals surface area (Å²) in [6.07, 6.45) is 3.91. The monoisotopic (exact) mass is 189 g/mol. The Bertz CT molecular complexity index is 196. The molecule has 1 aliphatic rings. The molecule has 1 rings (SSSR count). The van der Waals surface area contributed by atoms with E-state index in [1.807, 2.05) is 23.0 Å². The summed E-state index contributed by atoms with van der Waals surface area (Å²) in [6.45, 7) is 1.69. The predicted molar refractivity (Wildman–Crippen MR) is 51.9 cm³/mol. The number of rotatable bonds is 3. The Morgan fingerprint density at radius 2 is 2.09 bits per heavy atom. The molecule has 1 heterocycles. The van der Waals surface area contributed by atoms with E-state index in [-0.39, 0.29) is 11.2 Å². The van der Waals surface area contributed by atoms with Gasteiger partial charge in [-0.1, -0.05) is 12.2 Å². The molecule has 0 aromatic heterocycles. The Morgan fingerprint density at radius 3 is 2.55 bits per heavy atom. The van der Waals surface area contributed by atoms with Crippen molar-refractivity contribution in [1.29, 1.82) is 0 Å². The maximum Gasteiger partial charge on any atom is 0.163 e. The van der Waals surface area contributed by atoms with Gasteiger partial charge >= 0.3 is 0 Å². The van der Waals surface area contributed by atoms with E-state index < -0.39 is 10.9 Å². The molecule has 0 amide bonds. The molecule has 0 fully saturated rings. The first-order valence-corrected chi connectivity index (χ1v) is 5.34. The highest BCUT2D eigenvalue weighted by atomic mass is 35.5. The molecular formula is C8H10ClOS. The van der Waals surface area contributed by atoms with Crippen LogP contribution in [0.5, 0.6) is 0 Å². The first kappa shape index (κ1) is 8.88. The van der Waals surface area contributed by atoms with Gasteiger partial charge in [0.25, 0.3) is 0 Å². The fraction of sp³-hybridized carbons (Fsp3) is 0.250. The Hall–Kier alpha value is -0.210. The molecule has 0 aromatic rings. The van der Waals surface area contributed by atoms with Gasteiger partial charge in [0.1, 0.15) is 0 Å². The number of alkyl halides is 1. The van der Waals surface area contributed by atoms with Crippen LogP contribution in [0.3, 0.4) is 0 Å². The summed E-state index contributed by atoms with van der Waals surface area (Å²) in [6, 6.07) is 0. The van der Waals surface area contributed by atoms with Crippen LogP contribution in [0, 0.1) is 5.75 Å². The van der Waals surface area contributed by atoms with Crippen LogP contribution in [0.15, 0.2) is 23.0 Å². The molecule has 0 bridgehead atoms. The molecule has 0 aromatic carbocycles. The quantitative estimate of drug-likeness (QED) is 0.533. The number of hydrogen-bond acceptors (Lipinski definition) is 1. The zero-order valence-corrected chi connectivity index (χ0v) is 7.85. The molecule has 0 saturated heterocycles. The maximum atomic E-state index is 11.1. The third-order valence-corrected chi connectivity index (χ3v) is 3.10. The minimum absolute atomic E-state index is 0.0222. The molecule has 1 atom stereocenters. The lowest BCUT2D eigenvalue weighted by Crippen LogP contribution is -2.09. The molecule has 0 spiro atoms. The van der Waals surface area contributed by atoms with Crippen molar-refractivity contribution in [1.82, 2.24) is 0 Å². The van der Waals surface area contributed by atoms with Gasteiger partial charge in [-0.3, -0.25) is 4.79 Å². The zero-order chi connectivity index (χ0) is 8.27.